The molecular weight excluding hydrogens is 224 g/mol. The van der Waals surface area contributed by atoms with Crippen molar-refractivity contribution in [3.05, 3.63) is 23.3 Å². The van der Waals surface area contributed by atoms with Crippen molar-refractivity contribution >= 4 is 11.9 Å². The average molecular weight is 236 g/mol. The van der Waals surface area contributed by atoms with Gasteiger partial charge in [-0.25, -0.2) is 9.59 Å². The van der Waals surface area contributed by atoms with E-state index in [4.69, 9.17) is 9.47 Å². The molecule has 1 heterocycles. The first-order valence-electron chi connectivity index (χ1n) is 5.38. The Morgan fingerprint density at radius 2 is 1.35 bits per heavy atom. The van der Waals surface area contributed by atoms with E-state index in [1.54, 1.807) is 26.0 Å². The summed E-state index contributed by atoms with van der Waals surface area (Å²) >= 11 is 0. The molecule has 5 heteroatoms. The molecule has 1 aromatic rings. The third-order valence-corrected chi connectivity index (χ3v) is 2.32. The van der Waals surface area contributed by atoms with Crippen molar-refractivity contribution in [2.45, 2.75) is 13.8 Å². The number of benzene rings is 1. The quantitative estimate of drug-likeness (QED) is 0.589. The van der Waals surface area contributed by atoms with Crippen LogP contribution >= 0.6 is 0 Å². The molecule has 0 radical (unpaired) electrons. The van der Waals surface area contributed by atoms with Crippen LogP contribution in [0.4, 0.5) is 0 Å². The number of fused-ring (bicyclic) bond motifs is 1. The molecule has 0 saturated carbocycles. The van der Waals surface area contributed by atoms with Gasteiger partial charge in [0.1, 0.15) is 22.6 Å². The first-order chi connectivity index (χ1) is 8.19. The Morgan fingerprint density at radius 3 is 1.71 bits per heavy atom. The molecule has 5 nitrogen and oxygen atoms in total. The number of cyclic esters (lactones) is 2. The predicted molar refractivity (Wildman–Crippen MR) is 58.5 cm³/mol. The van der Waals surface area contributed by atoms with Gasteiger partial charge in [-0.05, 0) is 26.0 Å². The van der Waals surface area contributed by atoms with E-state index in [0.29, 0.717) is 24.7 Å². The highest BCUT2D eigenvalue weighted by Gasteiger charge is 2.36. The fourth-order valence-electron chi connectivity index (χ4n) is 1.71. The van der Waals surface area contributed by atoms with Gasteiger partial charge in [-0.15, -0.1) is 0 Å². The molecule has 0 aromatic heterocycles. The summed E-state index contributed by atoms with van der Waals surface area (Å²) in [5, 5.41) is 0. The number of ether oxygens (including phenoxy) is 3. The molecule has 0 bridgehead atoms. The molecule has 0 aliphatic carbocycles. The van der Waals surface area contributed by atoms with Crippen molar-refractivity contribution in [1.29, 1.82) is 0 Å². The van der Waals surface area contributed by atoms with Gasteiger partial charge in [-0.3, -0.25) is 0 Å². The van der Waals surface area contributed by atoms with Gasteiger partial charge < -0.3 is 14.2 Å². The maximum absolute atomic E-state index is 11.5. The van der Waals surface area contributed by atoms with E-state index in [0.717, 1.165) is 0 Å². The Hall–Kier alpha value is -2.04. The van der Waals surface area contributed by atoms with Crippen LogP contribution in [0.3, 0.4) is 0 Å². The Balaban J connectivity index is 2.57. The highest BCUT2D eigenvalue weighted by molar-refractivity contribution is 6.17. The minimum absolute atomic E-state index is 0.155. The fourth-order valence-corrected chi connectivity index (χ4v) is 1.71. The Kier molecular flexibility index (Phi) is 2.99. The lowest BCUT2D eigenvalue weighted by atomic mass is 10.1. The molecule has 0 unspecified atom stereocenters. The first kappa shape index (κ1) is 11.4. The second kappa shape index (κ2) is 4.45. The summed E-state index contributed by atoms with van der Waals surface area (Å²) < 4.78 is 15.2. The summed E-state index contributed by atoms with van der Waals surface area (Å²) in [5.74, 6) is -0.673. The predicted octanol–water partition coefficient (Wildman–Crippen LogP) is 1.79. The van der Waals surface area contributed by atoms with Gasteiger partial charge in [0.2, 0.25) is 0 Å². The normalized spacial score (nSPS) is 13.3. The highest BCUT2D eigenvalue weighted by Crippen LogP contribution is 2.36. The smallest absolute Gasteiger partial charge is 0.350 e. The van der Waals surface area contributed by atoms with Crippen molar-refractivity contribution < 1.29 is 23.8 Å². The van der Waals surface area contributed by atoms with Crippen LogP contribution in [0.1, 0.15) is 34.6 Å². The van der Waals surface area contributed by atoms with E-state index in [1.807, 2.05) is 0 Å². The largest absolute Gasteiger partial charge is 0.493 e. The second-order valence-electron chi connectivity index (χ2n) is 3.35. The third kappa shape index (κ3) is 1.84. The van der Waals surface area contributed by atoms with Crippen LogP contribution in [0.2, 0.25) is 0 Å². The summed E-state index contributed by atoms with van der Waals surface area (Å²) in [6.07, 6.45) is 0. The van der Waals surface area contributed by atoms with Crippen LogP contribution < -0.4 is 9.47 Å². The molecule has 1 aliphatic rings. The molecule has 1 aliphatic heterocycles. The van der Waals surface area contributed by atoms with E-state index < -0.39 is 11.9 Å². The van der Waals surface area contributed by atoms with E-state index >= 15 is 0 Å². The van der Waals surface area contributed by atoms with Crippen LogP contribution in [0.5, 0.6) is 11.5 Å². The molecule has 0 saturated heterocycles. The summed E-state index contributed by atoms with van der Waals surface area (Å²) in [6, 6.07) is 3.21. The van der Waals surface area contributed by atoms with Crippen molar-refractivity contribution in [2.75, 3.05) is 13.2 Å². The molecule has 0 amide bonds. The summed E-state index contributed by atoms with van der Waals surface area (Å²) in [4.78, 5) is 23.1. The Labute approximate surface area is 98.3 Å². The van der Waals surface area contributed by atoms with Gasteiger partial charge in [0.05, 0.1) is 13.2 Å². The molecule has 0 atom stereocenters. The molecule has 17 heavy (non-hydrogen) atoms. The van der Waals surface area contributed by atoms with Gasteiger partial charge >= 0.3 is 11.9 Å². The topological polar surface area (TPSA) is 61.8 Å². The molecule has 0 fully saturated rings. The molecule has 90 valence electrons. The second-order valence-corrected chi connectivity index (χ2v) is 3.35. The van der Waals surface area contributed by atoms with E-state index in [2.05, 4.69) is 4.74 Å². The molecule has 0 N–H and O–H groups in total. The summed E-state index contributed by atoms with van der Waals surface area (Å²) in [7, 11) is 0. The molecule has 0 spiro atoms. The minimum atomic E-state index is -0.685. The molecule has 2 rings (SSSR count). The van der Waals surface area contributed by atoms with Crippen LogP contribution in [-0.2, 0) is 4.74 Å². The standard InChI is InChI=1S/C12H12O5/c1-3-15-7-5-6-8(16-4-2)10-9(7)11(13)17-12(10)14/h5-6H,3-4H2,1-2H3. The van der Waals surface area contributed by atoms with Crippen molar-refractivity contribution in [2.24, 2.45) is 0 Å². The van der Waals surface area contributed by atoms with Crippen molar-refractivity contribution in [3.63, 3.8) is 0 Å². The molecule has 1 aromatic carbocycles. The number of carbonyl (C=O) groups is 2. The van der Waals surface area contributed by atoms with Crippen LogP contribution in [0.15, 0.2) is 12.1 Å². The van der Waals surface area contributed by atoms with Gasteiger partial charge in [0.15, 0.2) is 0 Å². The van der Waals surface area contributed by atoms with Gasteiger partial charge in [-0.2, -0.15) is 0 Å². The maximum atomic E-state index is 11.5. The van der Waals surface area contributed by atoms with Crippen molar-refractivity contribution in [3.8, 4) is 11.5 Å². The lowest BCUT2D eigenvalue weighted by molar-refractivity contribution is 0.0441. The first-order valence-corrected chi connectivity index (χ1v) is 5.38. The lowest BCUT2D eigenvalue weighted by Crippen LogP contribution is -2.03. The fraction of sp³-hybridized carbons (Fsp3) is 0.333. The number of esters is 2. The van der Waals surface area contributed by atoms with Crippen LogP contribution in [0.25, 0.3) is 0 Å². The Bertz CT molecular complexity index is 435. The number of carbonyl (C=O) groups excluding carboxylic acids is 2. The van der Waals surface area contributed by atoms with Gasteiger partial charge in [-0.1, -0.05) is 0 Å². The van der Waals surface area contributed by atoms with E-state index in [1.165, 1.54) is 0 Å². The molecular formula is C12H12O5. The zero-order valence-corrected chi connectivity index (χ0v) is 9.61. The average Bonchev–Trinajstić information content (AvgIpc) is 2.59. The van der Waals surface area contributed by atoms with Crippen molar-refractivity contribution in [1.82, 2.24) is 0 Å². The maximum Gasteiger partial charge on any atom is 0.350 e. The third-order valence-electron chi connectivity index (χ3n) is 2.32. The summed E-state index contributed by atoms with van der Waals surface area (Å²) in [6.45, 7) is 4.40. The van der Waals surface area contributed by atoms with Crippen LogP contribution in [0, 0.1) is 0 Å². The SMILES string of the molecule is CCOc1ccc(OCC)c2c1C(=O)OC2=O. The van der Waals surface area contributed by atoms with E-state index in [-0.39, 0.29) is 11.1 Å². The minimum Gasteiger partial charge on any atom is -0.493 e. The van der Waals surface area contributed by atoms with Gasteiger partial charge in [0, 0.05) is 0 Å². The number of rotatable bonds is 4. The number of hydrogen-bond donors (Lipinski definition) is 0. The summed E-state index contributed by atoms with van der Waals surface area (Å²) in [5.41, 5.74) is 0.311. The zero-order chi connectivity index (χ0) is 12.4. The number of hydrogen-bond acceptors (Lipinski definition) is 5. The van der Waals surface area contributed by atoms with Crippen LogP contribution in [-0.4, -0.2) is 25.2 Å². The monoisotopic (exact) mass is 236 g/mol. The lowest BCUT2D eigenvalue weighted by Gasteiger charge is -2.09. The van der Waals surface area contributed by atoms with E-state index in [9.17, 15) is 9.59 Å². The highest BCUT2D eigenvalue weighted by atomic mass is 16.6. The zero-order valence-electron chi connectivity index (χ0n) is 9.61. The van der Waals surface area contributed by atoms with Gasteiger partial charge in [0.25, 0.3) is 0 Å². The Morgan fingerprint density at radius 1 is 0.941 bits per heavy atom.